The van der Waals surface area contributed by atoms with E-state index in [9.17, 15) is 0 Å². The van der Waals surface area contributed by atoms with Crippen molar-refractivity contribution < 1.29 is 0 Å². The fourth-order valence-electron chi connectivity index (χ4n) is 3.80. The fraction of sp³-hybridized carbons (Fsp3) is 0.778. The maximum atomic E-state index is 3.79. The van der Waals surface area contributed by atoms with Crippen LogP contribution in [-0.2, 0) is 6.42 Å². The fourth-order valence-corrected chi connectivity index (χ4v) is 5.41. The van der Waals surface area contributed by atoms with Crippen LogP contribution in [0.15, 0.2) is 15.9 Å². The standard InChI is InChI=1S/C18H28BrNS/c1-12(2)13-3-4-14(11-20-16-5-6-16)15(9-13)10-18-17(19)7-8-21-18/h7-8,12-16,20H,3-6,9-11H2,1-2H3. The van der Waals surface area contributed by atoms with Crippen molar-refractivity contribution in [1.82, 2.24) is 5.32 Å². The highest BCUT2D eigenvalue weighted by molar-refractivity contribution is 9.10. The summed E-state index contributed by atoms with van der Waals surface area (Å²) in [5.74, 6) is 3.53. The van der Waals surface area contributed by atoms with Crippen molar-refractivity contribution in [2.24, 2.45) is 23.7 Å². The van der Waals surface area contributed by atoms with Crippen LogP contribution in [0.5, 0.6) is 0 Å². The minimum Gasteiger partial charge on any atom is -0.314 e. The van der Waals surface area contributed by atoms with Crippen molar-refractivity contribution in [1.29, 1.82) is 0 Å². The molecule has 0 saturated heterocycles. The summed E-state index contributed by atoms with van der Waals surface area (Å²) in [5, 5.41) is 6.01. The molecule has 3 atom stereocenters. The lowest BCUT2D eigenvalue weighted by atomic mass is 9.69. The van der Waals surface area contributed by atoms with Crippen LogP contribution >= 0.6 is 27.3 Å². The average Bonchev–Trinajstić information content (AvgIpc) is 3.21. The number of rotatable bonds is 6. The highest BCUT2D eigenvalue weighted by atomic mass is 79.9. The van der Waals surface area contributed by atoms with Gasteiger partial charge in [0, 0.05) is 15.4 Å². The molecule has 1 aromatic rings. The smallest absolute Gasteiger partial charge is 0.0314 e. The van der Waals surface area contributed by atoms with Crippen LogP contribution in [0.3, 0.4) is 0 Å². The molecule has 1 aromatic heterocycles. The number of nitrogens with one attached hydrogen (secondary N) is 1. The molecule has 1 heterocycles. The maximum Gasteiger partial charge on any atom is 0.0314 e. The Hall–Kier alpha value is 0.140. The van der Waals surface area contributed by atoms with Gasteiger partial charge in [0.1, 0.15) is 0 Å². The molecule has 3 unspecified atom stereocenters. The molecule has 0 radical (unpaired) electrons. The third-order valence-corrected chi connectivity index (χ3v) is 7.46. The Morgan fingerprint density at radius 1 is 1.24 bits per heavy atom. The summed E-state index contributed by atoms with van der Waals surface area (Å²) in [7, 11) is 0. The molecule has 0 aliphatic heterocycles. The van der Waals surface area contributed by atoms with Gasteiger partial charge in [-0.25, -0.2) is 0 Å². The molecule has 3 heteroatoms. The summed E-state index contributed by atoms with van der Waals surface area (Å²) in [6.07, 6.45) is 8.38. The van der Waals surface area contributed by atoms with Crippen LogP contribution < -0.4 is 5.32 Å². The molecule has 2 fully saturated rings. The van der Waals surface area contributed by atoms with Crippen molar-refractivity contribution in [2.75, 3.05) is 6.54 Å². The second kappa shape index (κ2) is 7.14. The third-order valence-electron chi connectivity index (χ3n) is 5.51. The van der Waals surface area contributed by atoms with Crippen molar-refractivity contribution >= 4 is 27.3 Å². The van der Waals surface area contributed by atoms with Crippen LogP contribution in [-0.4, -0.2) is 12.6 Å². The van der Waals surface area contributed by atoms with E-state index in [1.807, 2.05) is 11.3 Å². The molecule has 2 saturated carbocycles. The Bertz CT molecular complexity index is 452. The Balaban J connectivity index is 1.64. The first-order valence-electron chi connectivity index (χ1n) is 8.58. The molecule has 2 aliphatic rings. The Morgan fingerprint density at radius 2 is 2.05 bits per heavy atom. The lowest BCUT2D eigenvalue weighted by molar-refractivity contribution is 0.145. The predicted molar refractivity (Wildman–Crippen MR) is 95.9 cm³/mol. The van der Waals surface area contributed by atoms with E-state index < -0.39 is 0 Å². The first-order chi connectivity index (χ1) is 10.1. The summed E-state index contributed by atoms with van der Waals surface area (Å²) in [6, 6.07) is 3.06. The second-order valence-electron chi connectivity index (χ2n) is 7.42. The van der Waals surface area contributed by atoms with E-state index >= 15 is 0 Å². The highest BCUT2D eigenvalue weighted by Crippen LogP contribution is 2.41. The summed E-state index contributed by atoms with van der Waals surface area (Å²) in [4.78, 5) is 1.56. The zero-order valence-corrected chi connectivity index (χ0v) is 15.7. The molecule has 1 N–H and O–H groups in total. The molecule has 0 aromatic carbocycles. The molecule has 2 aliphatic carbocycles. The summed E-state index contributed by atoms with van der Waals surface area (Å²) in [5.41, 5.74) is 0. The van der Waals surface area contributed by atoms with Gasteiger partial charge in [-0.2, -0.15) is 0 Å². The van der Waals surface area contributed by atoms with Crippen molar-refractivity contribution in [2.45, 2.75) is 58.4 Å². The molecule has 0 bridgehead atoms. The zero-order chi connectivity index (χ0) is 14.8. The van der Waals surface area contributed by atoms with E-state index in [0.29, 0.717) is 0 Å². The normalized spacial score (nSPS) is 30.0. The van der Waals surface area contributed by atoms with E-state index in [1.54, 1.807) is 4.88 Å². The molecule has 21 heavy (non-hydrogen) atoms. The number of hydrogen-bond acceptors (Lipinski definition) is 2. The SMILES string of the molecule is CC(C)C1CCC(CNC2CC2)C(Cc2sccc2Br)C1. The zero-order valence-electron chi connectivity index (χ0n) is 13.3. The van der Waals surface area contributed by atoms with Crippen LogP contribution in [0.4, 0.5) is 0 Å². The minimum atomic E-state index is 0.844. The summed E-state index contributed by atoms with van der Waals surface area (Å²) in [6.45, 7) is 6.07. The molecule has 0 amide bonds. The van der Waals surface area contributed by atoms with Gasteiger partial charge in [0.25, 0.3) is 0 Å². The molecular formula is C18H28BrNS. The summed E-state index contributed by atoms with van der Waals surface area (Å²) < 4.78 is 1.33. The Kier molecular flexibility index (Phi) is 5.45. The van der Waals surface area contributed by atoms with Gasteiger partial charge in [0.05, 0.1) is 0 Å². The molecule has 1 nitrogen and oxygen atoms in total. The van der Waals surface area contributed by atoms with Gasteiger partial charge < -0.3 is 5.32 Å². The maximum absolute atomic E-state index is 3.79. The van der Waals surface area contributed by atoms with Gasteiger partial charge in [0.15, 0.2) is 0 Å². The van der Waals surface area contributed by atoms with Crippen molar-refractivity contribution in [3.8, 4) is 0 Å². The third kappa shape index (κ3) is 4.33. The van der Waals surface area contributed by atoms with Crippen LogP contribution in [0.1, 0.15) is 50.8 Å². The number of hydrogen-bond donors (Lipinski definition) is 1. The topological polar surface area (TPSA) is 12.0 Å². The van der Waals surface area contributed by atoms with E-state index in [-0.39, 0.29) is 0 Å². The second-order valence-corrected chi connectivity index (χ2v) is 9.27. The van der Waals surface area contributed by atoms with E-state index in [4.69, 9.17) is 0 Å². The van der Waals surface area contributed by atoms with Gasteiger partial charge in [-0.3, -0.25) is 0 Å². The van der Waals surface area contributed by atoms with Gasteiger partial charge in [-0.15, -0.1) is 11.3 Å². The Labute approximate surface area is 142 Å². The van der Waals surface area contributed by atoms with Crippen LogP contribution in [0, 0.1) is 23.7 Å². The Morgan fingerprint density at radius 3 is 2.67 bits per heavy atom. The van der Waals surface area contributed by atoms with E-state index in [0.717, 1.165) is 29.7 Å². The predicted octanol–water partition coefficient (Wildman–Crippen LogP) is 5.49. The first kappa shape index (κ1) is 16.0. The minimum absolute atomic E-state index is 0.844. The van der Waals surface area contributed by atoms with E-state index in [2.05, 4.69) is 46.5 Å². The van der Waals surface area contributed by atoms with Crippen molar-refractivity contribution in [3.63, 3.8) is 0 Å². The average molecular weight is 370 g/mol. The van der Waals surface area contributed by atoms with Crippen LogP contribution in [0.25, 0.3) is 0 Å². The highest BCUT2D eigenvalue weighted by Gasteiger charge is 2.33. The van der Waals surface area contributed by atoms with Gasteiger partial charge in [-0.1, -0.05) is 13.8 Å². The monoisotopic (exact) mass is 369 g/mol. The molecule has 118 valence electrons. The largest absolute Gasteiger partial charge is 0.314 e. The lowest BCUT2D eigenvalue weighted by Gasteiger charge is -2.38. The van der Waals surface area contributed by atoms with Crippen LogP contribution in [0.2, 0.25) is 0 Å². The number of halogens is 1. The molecule has 3 rings (SSSR count). The van der Waals surface area contributed by atoms with E-state index in [1.165, 1.54) is 49.5 Å². The molecular weight excluding hydrogens is 342 g/mol. The quantitative estimate of drug-likeness (QED) is 0.698. The number of thiophene rings is 1. The van der Waals surface area contributed by atoms with Gasteiger partial charge in [-0.05, 0) is 96.1 Å². The first-order valence-corrected chi connectivity index (χ1v) is 10.3. The lowest BCUT2D eigenvalue weighted by Crippen LogP contribution is -2.36. The van der Waals surface area contributed by atoms with Gasteiger partial charge >= 0.3 is 0 Å². The summed E-state index contributed by atoms with van der Waals surface area (Å²) >= 11 is 5.65. The van der Waals surface area contributed by atoms with Gasteiger partial charge in [0.2, 0.25) is 0 Å². The molecule has 0 spiro atoms. The van der Waals surface area contributed by atoms with Crippen molar-refractivity contribution in [3.05, 3.63) is 20.8 Å².